The Morgan fingerprint density at radius 1 is 1.42 bits per heavy atom. The molecule has 1 saturated heterocycles. The number of ether oxygens (including phenoxy) is 1. The fraction of sp³-hybridized carbons (Fsp3) is 0.533. The molecule has 0 radical (unpaired) electrons. The van der Waals surface area contributed by atoms with E-state index in [0.29, 0.717) is 31.0 Å². The Hall–Kier alpha value is -2.13. The van der Waals surface area contributed by atoms with Crippen LogP contribution in [0.25, 0.3) is 0 Å². The van der Waals surface area contributed by atoms with E-state index in [0.717, 1.165) is 28.7 Å². The zero-order valence-electron chi connectivity index (χ0n) is 14.0. The minimum atomic E-state index is -0.292. The van der Waals surface area contributed by atoms with Crippen molar-refractivity contribution in [2.75, 3.05) is 38.7 Å². The number of rotatable bonds is 4. The fourth-order valence-corrected chi connectivity index (χ4v) is 3.38. The van der Waals surface area contributed by atoms with Crippen molar-refractivity contribution in [2.45, 2.75) is 19.4 Å². The molecular weight excluding hydrogens is 328 g/mol. The van der Waals surface area contributed by atoms with Gasteiger partial charge in [0.2, 0.25) is 0 Å². The summed E-state index contributed by atoms with van der Waals surface area (Å²) in [7, 11) is 3.82. The lowest BCUT2D eigenvalue weighted by atomic mass is 10.1. The molecule has 0 spiro atoms. The third kappa shape index (κ3) is 3.22. The zero-order valence-corrected chi connectivity index (χ0v) is 14.8. The smallest absolute Gasteiger partial charge is 0.267 e. The molecule has 1 amide bonds. The molecule has 0 N–H and O–H groups in total. The molecule has 1 unspecified atom stereocenters. The molecule has 8 nitrogen and oxygen atoms in total. The van der Waals surface area contributed by atoms with Crippen molar-refractivity contribution in [1.29, 1.82) is 0 Å². The number of hydrogen-bond acceptors (Lipinski definition) is 8. The maximum atomic E-state index is 12.8. The lowest BCUT2D eigenvalue weighted by molar-refractivity contribution is -0.0245. The SMILES string of the molecule is CCc1nnsc1C(=O)N1CCOC(c2nccnc2N(C)C)C1. The number of aryl methyl sites for hydroxylation is 1. The number of morpholine rings is 1. The molecule has 1 atom stereocenters. The quantitative estimate of drug-likeness (QED) is 0.820. The summed E-state index contributed by atoms with van der Waals surface area (Å²) >= 11 is 1.15. The van der Waals surface area contributed by atoms with Gasteiger partial charge in [0.15, 0.2) is 5.82 Å². The number of amides is 1. The summed E-state index contributed by atoms with van der Waals surface area (Å²) in [4.78, 5) is 25.9. The van der Waals surface area contributed by atoms with Crippen LogP contribution in [0.15, 0.2) is 12.4 Å². The molecule has 1 aliphatic heterocycles. The molecule has 0 aliphatic carbocycles. The predicted octanol–water partition coefficient (Wildman–Crippen LogP) is 1.17. The molecule has 0 saturated carbocycles. The highest BCUT2D eigenvalue weighted by Crippen LogP contribution is 2.27. The normalized spacial score (nSPS) is 17.8. The van der Waals surface area contributed by atoms with E-state index >= 15 is 0 Å². The summed E-state index contributed by atoms with van der Waals surface area (Å²) in [6.07, 6.45) is 3.70. The Kier molecular flexibility index (Phi) is 5.00. The van der Waals surface area contributed by atoms with E-state index in [-0.39, 0.29) is 12.0 Å². The highest BCUT2D eigenvalue weighted by atomic mass is 32.1. The Balaban J connectivity index is 1.81. The van der Waals surface area contributed by atoms with Gasteiger partial charge >= 0.3 is 0 Å². The van der Waals surface area contributed by atoms with E-state index in [1.54, 1.807) is 17.3 Å². The average Bonchev–Trinajstić information content (AvgIpc) is 3.10. The zero-order chi connectivity index (χ0) is 17.1. The average molecular weight is 348 g/mol. The minimum absolute atomic E-state index is 0.0366. The second-order valence-corrected chi connectivity index (χ2v) is 6.43. The third-order valence-electron chi connectivity index (χ3n) is 3.87. The van der Waals surface area contributed by atoms with Crippen molar-refractivity contribution in [3.05, 3.63) is 28.7 Å². The highest BCUT2D eigenvalue weighted by Gasteiger charge is 2.31. The summed E-state index contributed by atoms with van der Waals surface area (Å²) in [5.74, 6) is 0.718. The van der Waals surface area contributed by atoms with E-state index in [4.69, 9.17) is 4.74 Å². The topological polar surface area (TPSA) is 84.3 Å². The van der Waals surface area contributed by atoms with Crippen molar-refractivity contribution in [3.8, 4) is 0 Å². The van der Waals surface area contributed by atoms with E-state index in [1.807, 2.05) is 25.9 Å². The fourth-order valence-electron chi connectivity index (χ4n) is 2.66. The van der Waals surface area contributed by atoms with Gasteiger partial charge in [0.25, 0.3) is 5.91 Å². The molecule has 1 aliphatic rings. The lowest BCUT2D eigenvalue weighted by Crippen LogP contribution is -2.42. The molecular formula is C15H20N6O2S. The number of carbonyl (C=O) groups excluding carboxylic acids is 1. The van der Waals surface area contributed by atoms with Crippen LogP contribution < -0.4 is 4.90 Å². The summed E-state index contributed by atoms with van der Waals surface area (Å²) < 4.78 is 9.77. The first kappa shape index (κ1) is 16.7. The minimum Gasteiger partial charge on any atom is -0.368 e. The van der Waals surface area contributed by atoms with Gasteiger partial charge in [-0.05, 0) is 18.0 Å². The number of carbonyl (C=O) groups is 1. The standard InChI is InChI=1S/C15H20N6O2S/c1-4-10-13(24-19-18-10)15(22)21-7-8-23-11(9-21)12-14(20(2)3)17-6-5-16-12/h5-6,11H,4,7-9H2,1-3H3. The van der Waals surface area contributed by atoms with Crippen LogP contribution in [0.5, 0.6) is 0 Å². The van der Waals surface area contributed by atoms with Crippen molar-refractivity contribution in [3.63, 3.8) is 0 Å². The molecule has 9 heteroatoms. The van der Waals surface area contributed by atoms with Crippen molar-refractivity contribution in [1.82, 2.24) is 24.5 Å². The molecule has 2 aromatic rings. The van der Waals surface area contributed by atoms with Gasteiger partial charge in [-0.25, -0.2) is 4.98 Å². The van der Waals surface area contributed by atoms with Crippen LogP contribution in [0.4, 0.5) is 5.82 Å². The van der Waals surface area contributed by atoms with Crippen LogP contribution in [-0.4, -0.2) is 64.2 Å². The molecule has 128 valence electrons. The second-order valence-electron chi connectivity index (χ2n) is 5.67. The van der Waals surface area contributed by atoms with Crippen LogP contribution in [0.2, 0.25) is 0 Å². The Morgan fingerprint density at radius 2 is 2.21 bits per heavy atom. The van der Waals surface area contributed by atoms with E-state index in [1.165, 1.54) is 0 Å². The van der Waals surface area contributed by atoms with Crippen LogP contribution in [0.3, 0.4) is 0 Å². The van der Waals surface area contributed by atoms with Crippen LogP contribution in [-0.2, 0) is 11.2 Å². The van der Waals surface area contributed by atoms with Crippen LogP contribution in [0.1, 0.15) is 34.1 Å². The summed E-state index contributed by atoms with van der Waals surface area (Å²) in [5, 5.41) is 4.03. The summed E-state index contributed by atoms with van der Waals surface area (Å²) in [6.45, 7) is 3.43. The molecule has 2 aromatic heterocycles. The summed E-state index contributed by atoms with van der Waals surface area (Å²) in [5.41, 5.74) is 1.50. The van der Waals surface area contributed by atoms with Crippen molar-refractivity contribution in [2.24, 2.45) is 0 Å². The van der Waals surface area contributed by atoms with Gasteiger partial charge in [-0.15, -0.1) is 5.10 Å². The molecule has 0 aromatic carbocycles. The molecule has 3 heterocycles. The maximum absolute atomic E-state index is 12.8. The van der Waals surface area contributed by atoms with E-state index < -0.39 is 0 Å². The first-order valence-corrected chi connectivity index (χ1v) is 8.59. The van der Waals surface area contributed by atoms with Gasteiger partial charge in [0, 0.05) is 33.0 Å². The number of anilines is 1. The van der Waals surface area contributed by atoms with Crippen molar-refractivity contribution >= 4 is 23.3 Å². The van der Waals surface area contributed by atoms with Gasteiger partial charge < -0.3 is 14.5 Å². The Labute approximate surface area is 144 Å². The highest BCUT2D eigenvalue weighted by molar-refractivity contribution is 7.08. The lowest BCUT2D eigenvalue weighted by Gasteiger charge is -2.33. The molecule has 1 fully saturated rings. The molecule has 0 bridgehead atoms. The second kappa shape index (κ2) is 7.18. The monoisotopic (exact) mass is 348 g/mol. The third-order valence-corrected chi connectivity index (χ3v) is 4.63. The van der Waals surface area contributed by atoms with Crippen LogP contribution in [0, 0.1) is 0 Å². The maximum Gasteiger partial charge on any atom is 0.267 e. The Morgan fingerprint density at radius 3 is 2.96 bits per heavy atom. The van der Waals surface area contributed by atoms with Gasteiger partial charge in [-0.2, -0.15) is 0 Å². The molecule has 3 rings (SSSR count). The van der Waals surface area contributed by atoms with Gasteiger partial charge in [0.1, 0.15) is 16.7 Å². The van der Waals surface area contributed by atoms with Gasteiger partial charge in [0.05, 0.1) is 18.8 Å². The first-order chi connectivity index (χ1) is 11.6. The summed E-state index contributed by atoms with van der Waals surface area (Å²) in [6, 6.07) is 0. The van der Waals surface area contributed by atoms with Gasteiger partial charge in [-0.1, -0.05) is 11.4 Å². The van der Waals surface area contributed by atoms with E-state index in [9.17, 15) is 4.79 Å². The Bertz CT molecular complexity index is 719. The number of hydrogen-bond donors (Lipinski definition) is 0. The number of nitrogens with zero attached hydrogens (tertiary/aromatic N) is 6. The largest absolute Gasteiger partial charge is 0.368 e. The van der Waals surface area contributed by atoms with Crippen molar-refractivity contribution < 1.29 is 9.53 Å². The van der Waals surface area contributed by atoms with E-state index in [2.05, 4.69) is 19.6 Å². The van der Waals surface area contributed by atoms with Crippen LogP contribution >= 0.6 is 11.5 Å². The number of aromatic nitrogens is 4. The van der Waals surface area contributed by atoms with Gasteiger partial charge in [-0.3, -0.25) is 9.78 Å². The predicted molar refractivity (Wildman–Crippen MR) is 90.2 cm³/mol. The molecule has 24 heavy (non-hydrogen) atoms. The first-order valence-electron chi connectivity index (χ1n) is 7.82.